The van der Waals surface area contributed by atoms with Gasteiger partial charge in [0.1, 0.15) is 5.60 Å². The molecular formula is C15H25N3O2. The normalized spacial score (nSPS) is 32.9. The molecule has 2 aliphatic carbocycles. The van der Waals surface area contributed by atoms with Crippen LogP contribution in [0.15, 0.2) is 4.52 Å². The average molecular weight is 279 g/mol. The fourth-order valence-corrected chi connectivity index (χ4v) is 3.46. The van der Waals surface area contributed by atoms with E-state index in [9.17, 15) is 0 Å². The number of nitrogens with zero attached hydrogens (tertiary/aromatic N) is 2. The second kappa shape index (κ2) is 5.11. The predicted molar refractivity (Wildman–Crippen MR) is 75.2 cm³/mol. The smallest absolute Gasteiger partial charge is 0.234 e. The standard InChI is InChI=1S/C15H25N3O2/c1-11-4-8-14(10-16,9-5-11)13-17-12(18-20-13)15(19-2)6-3-7-15/h11H,3-10,16H2,1-2H3. The van der Waals surface area contributed by atoms with E-state index in [2.05, 4.69) is 17.1 Å². The van der Waals surface area contributed by atoms with E-state index < -0.39 is 0 Å². The third kappa shape index (κ3) is 2.07. The third-order valence-electron chi connectivity index (χ3n) is 5.46. The summed E-state index contributed by atoms with van der Waals surface area (Å²) >= 11 is 0. The van der Waals surface area contributed by atoms with E-state index in [1.807, 2.05) is 0 Å². The van der Waals surface area contributed by atoms with Crippen LogP contribution in [-0.4, -0.2) is 23.8 Å². The summed E-state index contributed by atoms with van der Waals surface area (Å²) in [5.74, 6) is 2.21. The van der Waals surface area contributed by atoms with Crippen LogP contribution in [0.2, 0.25) is 0 Å². The molecule has 0 saturated heterocycles. The number of hydrogen-bond acceptors (Lipinski definition) is 5. The lowest BCUT2D eigenvalue weighted by atomic mass is 9.70. The van der Waals surface area contributed by atoms with Crippen molar-refractivity contribution in [2.45, 2.75) is 62.9 Å². The summed E-state index contributed by atoms with van der Waals surface area (Å²) < 4.78 is 11.2. The van der Waals surface area contributed by atoms with Gasteiger partial charge in [0.2, 0.25) is 11.7 Å². The van der Waals surface area contributed by atoms with E-state index in [0.717, 1.165) is 43.9 Å². The predicted octanol–water partition coefficient (Wildman–Crippen LogP) is 2.50. The number of ether oxygens (including phenoxy) is 1. The van der Waals surface area contributed by atoms with Crippen LogP contribution in [0.1, 0.15) is 63.6 Å². The molecule has 2 N–H and O–H groups in total. The Bertz CT molecular complexity index is 454. The lowest BCUT2D eigenvalue weighted by Gasteiger charge is -2.37. The van der Waals surface area contributed by atoms with Crippen molar-refractivity contribution in [2.75, 3.05) is 13.7 Å². The van der Waals surface area contributed by atoms with Crippen molar-refractivity contribution in [3.63, 3.8) is 0 Å². The largest absolute Gasteiger partial charge is 0.370 e. The van der Waals surface area contributed by atoms with E-state index in [0.29, 0.717) is 12.4 Å². The molecule has 2 fully saturated rings. The Labute approximate surface area is 120 Å². The first-order valence-electron chi connectivity index (χ1n) is 7.74. The fraction of sp³-hybridized carbons (Fsp3) is 0.867. The zero-order valence-electron chi connectivity index (χ0n) is 12.5. The van der Waals surface area contributed by atoms with Crippen LogP contribution < -0.4 is 5.73 Å². The van der Waals surface area contributed by atoms with Gasteiger partial charge in [0.25, 0.3) is 0 Å². The summed E-state index contributed by atoms with van der Waals surface area (Å²) in [6.07, 6.45) is 7.59. The molecule has 1 aromatic heterocycles. The molecule has 0 radical (unpaired) electrons. The van der Waals surface area contributed by atoms with Gasteiger partial charge in [-0.25, -0.2) is 0 Å². The molecule has 0 amide bonds. The van der Waals surface area contributed by atoms with Gasteiger partial charge in [0, 0.05) is 13.7 Å². The van der Waals surface area contributed by atoms with E-state index in [4.69, 9.17) is 15.0 Å². The molecule has 0 aliphatic heterocycles. The van der Waals surface area contributed by atoms with E-state index in [1.165, 1.54) is 12.8 Å². The molecule has 1 heterocycles. The summed E-state index contributed by atoms with van der Waals surface area (Å²) in [5.41, 5.74) is 5.63. The summed E-state index contributed by atoms with van der Waals surface area (Å²) in [7, 11) is 1.73. The summed E-state index contributed by atoms with van der Waals surface area (Å²) in [6, 6.07) is 0. The Morgan fingerprint density at radius 2 is 2.00 bits per heavy atom. The molecule has 2 saturated carbocycles. The molecule has 3 rings (SSSR count). The fourth-order valence-electron chi connectivity index (χ4n) is 3.46. The van der Waals surface area contributed by atoms with Crippen molar-refractivity contribution < 1.29 is 9.26 Å². The minimum Gasteiger partial charge on any atom is -0.370 e. The van der Waals surface area contributed by atoms with Crippen molar-refractivity contribution in [1.29, 1.82) is 0 Å². The van der Waals surface area contributed by atoms with Crippen molar-refractivity contribution in [3.05, 3.63) is 11.7 Å². The first-order chi connectivity index (χ1) is 9.64. The monoisotopic (exact) mass is 279 g/mol. The lowest BCUT2D eigenvalue weighted by molar-refractivity contribution is -0.0858. The van der Waals surface area contributed by atoms with Gasteiger partial charge in [0.15, 0.2) is 0 Å². The molecule has 0 aromatic carbocycles. The summed E-state index contributed by atoms with van der Waals surface area (Å²) in [5, 5.41) is 4.20. The minimum atomic E-state index is -0.306. The van der Waals surface area contributed by atoms with Crippen LogP contribution in [0.5, 0.6) is 0 Å². The molecule has 0 bridgehead atoms. The molecule has 20 heavy (non-hydrogen) atoms. The van der Waals surface area contributed by atoms with Crippen LogP contribution in [0.4, 0.5) is 0 Å². The van der Waals surface area contributed by atoms with Crippen LogP contribution in [0.3, 0.4) is 0 Å². The van der Waals surface area contributed by atoms with Gasteiger partial charge in [-0.15, -0.1) is 0 Å². The number of aromatic nitrogens is 2. The van der Waals surface area contributed by atoms with Crippen molar-refractivity contribution in [1.82, 2.24) is 10.1 Å². The maximum Gasteiger partial charge on any atom is 0.234 e. The Balaban J connectivity index is 1.85. The Morgan fingerprint density at radius 3 is 2.50 bits per heavy atom. The van der Waals surface area contributed by atoms with Crippen molar-refractivity contribution in [3.8, 4) is 0 Å². The second-order valence-corrected chi connectivity index (χ2v) is 6.64. The molecule has 0 atom stereocenters. The highest BCUT2D eigenvalue weighted by molar-refractivity contribution is 5.13. The molecule has 0 spiro atoms. The van der Waals surface area contributed by atoms with E-state index in [-0.39, 0.29) is 11.0 Å². The average Bonchev–Trinajstić information content (AvgIpc) is 2.90. The van der Waals surface area contributed by atoms with Crippen LogP contribution >= 0.6 is 0 Å². The van der Waals surface area contributed by atoms with E-state index in [1.54, 1.807) is 7.11 Å². The quantitative estimate of drug-likeness (QED) is 0.916. The highest BCUT2D eigenvalue weighted by Crippen LogP contribution is 2.45. The van der Waals surface area contributed by atoms with Gasteiger partial charge in [-0.2, -0.15) is 4.98 Å². The van der Waals surface area contributed by atoms with Crippen molar-refractivity contribution >= 4 is 0 Å². The second-order valence-electron chi connectivity index (χ2n) is 6.64. The van der Waals surface area contributed by atoms with Crippen LogP contribution in [0.25, 0.3) is 0 Å². The zero-order chi connectivity index (χ0) is 14.2. The molecule has 2 aliphatic rings. The number of hydrogen-bond donors (Lipinski definition) is 1. The topological polar surface area (TPSA) is 74.2 Å². The summed E-state index contributed by atoms with van der Waals surface area (Å²) in [6.45, 7) is 2.88. The van der Waals surface area contributed by atoms with E-state index >= 15 is 0 Å². The Morgan fingerprint density at radius 1 is 1.30 bits per heavy atom. The first-order valence-corrected chi connectivity index (χ1v) is 7.74. The highest BCUT2D eigenvalue weighted by Gasteiger charge is 2.46. The molecule has 5 heteroatoms. The first kappa shape index (κ1) is 14.0. The van der Waals surface area contributed by atoms with Crippen molar-refractivity contribution in [2.24, 2.45) is 11.7 Å². The molecule has 1 aromatic rings. The van der Waals surface area contributed by atoms with Crippen LogP contribution in [-0.2, 0) is 15.8 Å². The van der Waals surface area contributed by atoms with Gasteiger partial charge in [-0.3, -0.25) is 0 Å². The van der Waals surface area contributed by atoms with Gasteiger partial charge >= 0.3 is 0 Å². The molecule has 0 unspecified atom stereocenters. The number of rotatable bonds is 4. The molecule has 112 valence electrons. The van der Waals surface area contributed by atoms with Gasteiger partial charge in [0.05, 0.1) is 5.41 Å². The maximum atomic E-state index is 6.05. The van der Waals surface area contributed by atoms with Gasteiger partial charge < -0.3 is 15.0 Å². The zero-order valence-corrected chi connectivity index (χ0v) is 12.5. The van der Waals surface area contributed by atoms with Gasteiger partial charge in [-0.1, -0.05) is 12.1 Å². The maximum absolute atomic E-state index is 6.05. The molecular weight excluding hydrogens is 254 g/mol. The minimum absolute atomic E-state index is 0.115. The SMILES string of the molecule is COC1(c2noc(C3(CN)CCC(C)CC3)n2)CCC1. The number of nitrogens with two attached hydrogens (primary N) is 1. The molecule has 5 nitrogen and oxygen atoms in total. The lowest BCUT2D eigenvalue weighted by Crippen LogP contribution is -2.40. The Kier molecular flexibility index (Phi) is 3.58. The number of methoxy groups -OCH3 is 1. The van der Waals surface area contributed by atoms with Gasteiger partial charge in [-0.05, 0) is 50.9 Å². The Hall–Kier alpha value is -0.940. The summed E-state index contributed by atoms with van der Waals surface area (Å²) in [4.78, 5) is 4.68. The van der Waals surface area contributed by atoms with Crippen LogP contribution in [0, 0.1) is 5.92 Å². The third-order valence-corrected chi connectivity index (χ3v) is 5.46. The highest BCUT2D eigenvalue weighted by atomic mass is 16.5.